The third-order valence-corrected chi connectivity index (χ3v) is 10.3. The number of rotatable bonds is 6. The van der Waals surface area contributed by atoms with Crippen LogP contribution in [0.1, 0.15) is 66.2 Å². The maximum absolute atomic E-state index is 13.7. The van der Waals surface area contributed by atoms with Crippen LogP contribution in [0.3, 0.4) is 0 Å². The van der Waals surface area contributed by atoms with Crippen LogP contribution in [-0.2, 0) is 9.53 Å². The van der Waals surface area contributed by atoms with E-state index in [2.05, 4.69) is 20.4 Å². The lowest BCUT2D eigenvalue weighted by Crippen LogP contribution is -2.60. The van der Waals surface area contributed by atoms with E-state index in [9.17, 15) is 24.0 Å². The van der Waals surface area contributed by atoms with Crippen molar-refractivity contribution in [3.63, 3.8) is 0 Å². The normalized spacial score (nSPS) is 22.6. The van der Waals surface area contributed by atoms with E-state index in [0.29, 0.717) is 79.6 Å². The van der Waals surface area contributed by atoms with E-state index in [1.165, 1.54) is 6.07 Å². The number of nitrogens with one attached hydrogen (secondary N) is 2. The van der Waals surface area contributed by atoms with Crippen molar-refractivity contribution in [3.05, 3.63) is 70.1 Å². The van der Waals surface area contributed by atoms with Crippen molar-refractivity contribution in [2.75, 3.05) is 49.5 Å². The van der Waals surface area contributed by atoms with Gasteiger partial charge in [-0.15, -0.1) is 0 Å². The number of hydrogen-bond acceptors (Lipinski definition) is 8. The lowest BCUT2D eigenvalue weighted by Gasteiger charge is -2.53. The molecule has 5 heterocycles. The van der Waals surface area contributed by atoms with E-state index in [1.54, 1.807) is 48.2 Å². The number of ether oxygens (including phenoxy) is 1. The van der Waals surface area contributed by atoms with Crippen molar-refractivity contribution >= 4 is 46.2 Å². The number of nitrogens with zero attached hydrogens (tertiary/aromatic N) is 3. The molecule has 0 aliphatic carbocycles. The van der Waals surface area contributed by atoms with Gasteiger partial charge in [0.15, 0.2) is 0 Å². The van der Waals surface area contributed by atoms with Gasteiger partial charge in [0.2, 0.25) is 5.91 Å². The molecule has 2 N–H and O–H groups in total. The zero-order valence-corrected chi connectivity index (χ0v) is 27.1. The van der Waals surface area contributed by atoms with Gasteiger partial charge in [-0.25, -0.2) is 9.59 Å². The minimum Gasteiger partial charge on any atom is -0.450 e. The number of piperidine rings is 4. The Hall–Kier alpha value is -4.87. The lowest BCUT2D eigenvalue weighted by molar-refractivity contribution is -0.142. The fourth-order valence-electron chi connectivity index (χ4n) is 7.96. The fourth-order valence-corrected chi connectivity index (χ4v) is 7.96. The molecule has 4 saturated heterocycles. The Balaban J connectivity index is 1.14. The topological polar surface area (TPSA) is 142 Å². The summed E-state index contributed by atoms with van der Waals surface area (Å²) < 4.78 is 10.5. The van der Waals surface area contributed by atoms with Gasteiger partial charge in [0.25, 0.3) is 11.8 Å². The summed E-state index contributed by atoms with van der Waals surface area (Å²) in [5, 5.41) is 6.66. The van der Waals surface area contributed by atoms with E-state index in [0.717, 1.165) is 38.0 Å². The van der Waals surface area contributed by atoms with Gasteiger partial charge in [0.05, 0.1) is 18.0 Å². The molecule has 4 fully saturated rings. The number of fused-ring (bicyclic) bond motifs is 5. The number of benzene rings is 2. The molecule has 3 aromatic rings. The highest BCUT2D eigenvalue weighted by atomic mass is 16.6. The van der Waals surface area contributed by atoms with Gasteiger partial charge in [-0.2, -0.15) is 0 Å². The quantitative estimate of drug-likeness (QED) is 0.376. The maximum Gasteiger partial charge on any atom is 0.409 e. The maximum atomic E-state index is 13.7. The number of anilines is 2. The molecular weight excluding hydrogens is 614 g/mol. The second kappa shape index (κ2) is 13.3. The molecule has 7 rings (SSSR count). The molecule has 2 aromatic carbocycles. The molecule has 12 nitrogen and oxygen atoms in total. The van der Waals surface area contributed by atoms with Gasteiger partial charge in [0, 0.05) is 62.2 Å². The summed E-state index contributed by atoms with van der Waals surface area (Å²) >= 11 is 0. The number of para-hydroxylation sites is 1. The Kier molecular flexibility index (Phi) is 8.81. The number of likely N-dealkylation sites (tertiary alicyclic amines) is 1. The minimum atomic E-state index is -0.745. The fraction of sp³-hybridized carbons (Fsp3) is 0.472. The van der Waals surface area contributed by atoms with Crippen LogP contribution in [0.2, 0.25) is 0 Å². The van der Waals surface area contributed by atoms with Gasteiger partial charge in [-0.05, 0) is 81.2 Å². The number of hydrogen-bond donors (Lipinski definition) is 2. The van der Waals surface area contributed by atoms with Crippen LogP contribution in [0.5, 0.6) is 0 Å². The van der Waals surface area contributed by atoms with Crippen molar-refractivity contribution in [2.24, 2.45) is 11.8 Å². The molecule has 12 heteroatoms. The van der Waals surface area contributed by atoms with Crippen LogP contribution in [0.25, 0.3) is 11.0 Å². The SMILES string of the molecule is CCOC(=O)N1CCC(NC(=O)c2ccc(N3CC4CC(C3)C3CCCC(=O)N3C4)c(NC(=O)c3cc4ccccc4oc3=O)c2)CC1. The molecule has 4 aliphatic rings. The Morgan fingerprint density at radius 1 is 0.958 bits per heavy atom. The Labute approximate surface area is 278 Å². The highest BCUT2D eigenvalue weighted by molar-refractivity contribution is 6.08. The van der Waals surface area contributed by atoms with Gasteiger partial charge in [-0.1, -0.05) is 18.2 Å². The zero-order valence-electron chi connectivity index (χ0n) is 27.1. The van der Waals surface area contributed by atoms with E-state index in [-0.39, 0.29) is 35.6 Å². The highest BCUT2D eigenvalue weighted by Crippen LogP contribution is 2.41. The summed E-state index contributed by atoms with van der Waals surface area (Å²) in [6, 6.07) is 13.9. The number of carbonyl (C=O) groups is 4. The van der Waals surface area contributed by atoms with Crippen LogP contribution in [0.15, 0.2) is 57.7 Å². The molecule has 4 aliphatic heterocycles. The summed E-state index contributed by atoms with van der Waals surface area (Å²) in [4.78, 5) is 70.9. The lowest BCUT2D eigenvalue weighted by atomic mass is 9.76. The number of amides is 4. The molecule has 2 bridgehead atoms. The van der Waals surface area contributed by atoms with E-state index in [1.807, 2.05) is 6.07 Å². The van der Waals surface area contributed by atoms with Gasteiger partial charge in [-0.3, -0.25) is 14.4 Å². The average molecular weight is 656 g/mol. The van der Waals surface area contributed by atoms with E-state index >= 15 is 0 Å². The molecule has 3 unspecified atom stereocenters. The van der Waals surface area contributed by atoms with Crippen LogP contribution in [-0.4, -0.2) is 85.0 Å². The van der Waals surface area contributed by atoms with Crippen molar-refractivity contribution in [3.8, 4) is 0 Å². The summed E-state index contributed by atoms with van der Waals surface area (Å²) in [7, 11) is 0. The Morgan fingerprint density at radius 3 is 2.58 bits per heavy atom. The van der Waals surface area contributed by atoms with Crippen LogP contribution in [0, 0.1) is 11.8 Å². The first kappa shape index (κ1) is 31.7. The second-order valence-electron chi connectivity index (χ2n) is 13.4. The smallest absolute Gasteiger partial charge is 0.409 e. The molecule has 1 aromatic heterocycles. The predicted molar refractivity (Wildman–Crippen MR) is 179 cm³/mol. The van der Waals surface area contributed by atoms with Crippen LogP contribution in [0.4, 0.5) is 16.2 Å². The van der Waals surface area contributed by atoms with Crippen molar-refractivity contribution in [1.82, 2.24) is 15.1 Å². The standard InChI is InChI=1S/C36H41N5O7/c1-2-47-36(46)39-14-12-26(13-15-39)37-33(43)24-10-11-30(40-19-22-16-25(21-40)29-7-5-9-32(42)41(29)20-22)28(18-24)38-34(44)27-17-23-6-3-4-8-31(23)48-35(27)45/h3-4,6,8,10-11,17-18,22,25-26,29H,2,5,7,9,12-16,19-21H2,1H3,(H,37,43)(H,38,44). The molecule has 252 valence electrons. The Bertz CT molecular complexity index is 1800. The minimum absolute atomic E-state index is 0.120. The first-order valence-corrected chi connectivity index (χ1v) is 17.0. The van der Waals surface area contributed by atoms with Crippen molar-refractivity contribution in [1.29, 1.82) is 0 Å². The first-order valence-electron chi connectivity index (χ1n) is 17.0. The molecule has 0 spiro atoms. The largest absolute Gasteiger partial charge is 0.450 e. The summed E-state index contributed by atoms with van der Waals surface area (Å²) in [5.74, 6) is -0.0639. The van der Waals surface area contributed by atoms with Gasteiger partial charge in [0.1, 0.15) is 11.1 Å². The van der Waals surface area contributed by atoms with Crippen molar-refractivity contribution in [2.45, 2.75) is 57.5 Å². The van der Waals surface area contributed by atoms with Crippen molar-refractivity contribution < 1.29 is 28.3 Å². The second-order valence-corrected chi connectivity index (χ2v) is 13.4. The van der Waals surface area contributed by atoms with Crippen LogP contribution < -0.4 is 21.2 Å². The molecular formula is C36H41N5O7. The molecule has 0 saturated carbocycles. The van der Waals surface area contributed by atoms with Crippen LogP contribution >= 0.6 is 0 Å². The van der Waals surface area contributed by atoms with Gasteiger partial charge >= 0.3 is 11.7 Å². The summed E-state index contributed by atoms with van der Waals surface area (Å²) in [5.41, 5.74) is 1.07. The zero-order chi connectivity index (χ0) is 33.4. The Morgan fingerprint density at radius 2 is 1.77 bits per heavy atom. The number of carbonyl (C=O) groups excluding carboxylic acids is 4. The third-order valence-electron chi connectivity index (χ3n) is 10.3. The highest BCUT2D eigenvalue weighted by Gasteiger charge is 2.44. The molecule has 0 radical (unpaired) electrons. The predicted octanol–water partition coefficient (Wildman–Crippen LogP) is 4.23. The molecule has 4 amide bonds. The summed E-state index contributed by atoms with van der Waals surface area (Å²) in [6.07, 6.45) is 4.43. The molecule has 48 heavy (non-hydrogen) atoms. The van der Waals surface area contributed by atoms with E-state index < -0.39 is 11.5 Å². The first-order chi connectivity index (χ1) is 23.3. The summed E-state index contributed by atoms with van der Waals surface area (Å²) in [6.45, 7) is 5.21. The van der Waals surface area contributed by atoms with E-state index in [4.69, 9.17) is 9.15 Å². The average Bonchev–Trinajstić information content (AvgIpc) is 3.08. The van der Waals surface area contributed by atoms with Gasteiger partial charge < -0.3 is 34.5 Å². The third kappa shape index (κ3) is 6.35. The monoisotopic (exact) mass is 655 g/mol. The molecule has 3 atom stereocenters.